The highest BCUT2D eigenvalue weighted by molar-refractivity contribution is 6.34. The Bertz CT molecular complexity index is 364. The van der Waals surface area contributed by atoms with E-state index in [-0.39, 0.29) is 16.4 Å². The summed E-state index contributed by atoms with van der Waals surface area (Å²) in [6.07, 6.45) is 0. The Hall–Kier alpha value is -1.17. The van der Waals surface area contributed by atoms with Gasteiger partial charge in [0.15, 0.2) is 0 Å². The standard InChI is InChI=1S/C10H13ClFN3O/c1-16-6-5-14-10(15-13)9-7(11)3-2-4-8(9)12/h2-4H,5-6,13H2,1H3,(H,14,15). The number of nitrogens with one attached hydrogen (secondary N) is 1. The van der Waals surface area contributed by atoms with Crippen molar-refractivity contribution in [3.63, 3.8) is 0 Å². The number of methoxy groups -OCH3 is 1. The van der Waals surface area contributed by atoms with E-state index in [1.807, 2.05) is 0 Å². The number of nitrogens with zero attached hydrogens (tertiary/aromatic N) is 1. The van der Waals surface area contributed by atoms with Gasteiger partial charge in [-0.3, -0.25) is 4.99 Å². The lowest BCUT2D eigenvalue weighted by atomic mass is 10.2. The van der Waals surface area contributed by atoms with Crippen molar-refractivity contribution in [3.8, 4) is 0 Å². The molecule has 0 aliphatic heterocycles. The second-order valence-electron chi connectivity index (χ2n) is 2.96. The van der Waals surface area contributed by atoms with Crippen molar-refractivity contribution in [2.45, 2.75) is 0 Å². The van der Waals surface area contributed by atoms with Gasteiger partial charge in [0.2, 0.25) is 0 Å². The van der Waals surface area contributed by atoms with Crippen LogP contribution in [0.3, 0.4) is 0 Å². The van der Waals surface area contributed by atoms with Gasteiger partial charge in [0.1, 0.15) is 11.7 Å². The van der Waals surface area contributed by atoms with Gasteiger partial charge in [0.05, 0.1) is 23.7 Å². The van der Waals surface area contributed by atoms with Crippen molar-refractivity contribution in [2.24, 2.45) is 10.8 Å². The highest BCUT2D eigenvalue weighted by atomic mass is 35.5. The van der Waals surface area contributed by atoms with E-state index in [4.69, 9.17) is 22.2 Å². The highest BCUT2D eigenvalue weighted by Crippen LogP contribution is 2.18. The van der Waals surface area contributed by atoms with Crippen LogP contribution >= 0.6 is 11.6 Å². The number of amidine groups is 1. The maximum Gasteiger partial charge on any atom is 0.147 e. The SMILES string of the molecule is COCCN=C(NN)c1c(F)cccc1Cl. The molecule has 0 spiro atoms. The van der Waals surface area contributed by atoms with E-state index < -0.39 is 5.82 Å². The molecule has 1 aromatic carbocycles. The zero-order chi connectivity index (χ0) is 12.0. The molecule has 0 atom stereocenters. The summed E-state index contributed by atoms with van der Waals surface area (Å²) in [6.45, 7) is 0.804. The third kappa shape index (κ3) is 3.16. The first-order chi connectivity index (χ1) is 7.70. The summed E-state index contributed by atoms with van der Waals surface area (Å²) in [5.74, 6) is 5.02. The molecule has 0 aliphatic carbocycles. The minimum atomic E-state index is -0.471. The van der Waals surface area contributed by atoms with Gasteiger partial charge in [-0.05, 0) is 12.1 Å². The summed E-state index contributed by atoms with van der Waals surface area (Å²) in [7, 11) is 1.56. The molecule has 0 heterocycles. The molecule has 0 radical (unpaired) electrons. The van der Waals surface area contributed by atoms with Gasteiger partial charge >= 0.3 is 0 Å². The maximum absolute atomic E-state index is 13.5. The Labute approximate surface area is 98.2 Å². The second kappa shape index (κ2) is 6.42. The van der Waals surface area contributed by atoms with Crippen LogP contribution in [0.2, 0.25) is 5.02 Å². The molecule has 0 saturated heterocycles. The number of ether oxygens (including phenoxy) is 1. The quantitative estimate of drug-likeness (QED) is 0.277. The number of nitrogens with two attached hydrogens (primary N) is 1. The fourth-order valence-electron chi connectivity index (χ4n) is 1.17. The Kier molecular flexibility index (Phi) is 5.18. The third-order valence-electron chi connectivity index (χ3n) is 1.90. The summed E-state index contributed by atoms with van der Waals surface area (Å²) >= 11 is 5.87. The van der Waals surface area contributed by atoms with Gasteiger partial charge < -0.3 is 10.2 Å². The van der Waals surface area contributed by atoms with E-state index in [1.165, 1.54) is 12.1 Å². The topological polar surface area (TPSA) is 59.6 Å². The number of hydrazine groups is 1. The molecular formula is C10H13ClFN3O. The average molecular weight is 246 g/mol. The lowest BCUT2D eigenvalue weighted by Gasteiger charge is -2.08. The average Bonchev–Trinajstić information content (AvgIpc) is 2.26. The molecule has 0 fully saturated rings. The largest absolute Gasteiger partial charge is 0.383 e. The predicted octanol–water partition coefficient (Wildman–Crippen LogP) is 1.34. The van der Waals surface area contributed by atoms with Gasteiger partial charge in [-0.15, -0.1) is 0 Å². The van der Waals surface area contributed by atoms with Gasteiger partial charge in [-0.25, -0.2) is 10.2 Å². The number of halogens is 2. The van der Waals surface area contributed by atoms with Crippen molar-refractivity contribution in [3.05, 3.63) is 34.6 Å². The minimum Gasteiger partial charge on any atom is -0.383 e. The molecule has 1 aromatic rings. The molecule has 6 heteroatoms. The van der Waals surface area contributed by atoms with E-state index >= 15 is 0 Å². The maximum atomic E-state index is 13.5. The van der Waals surface area contributed by atoms with Crippen molar-refractivity contribution in [1.29, 1.82) is 0 Å². The van der Waals surface area contributed by atoms with Crippen LogP contribution in [0.25, 0.3) is 0 Å². The third-order valence-corrected chi connectivity index (χ3v) is 2.22. The summed E-state index contributed by atoms with van der Waals surface area (Å²) < 4.78 is 18.3. The molecule has 0 saturated carbocycles. The molecule has 4 nitrogen and oxygen atoms in total. The monoisotopic (exact) mass is 245 g/mol. The molecule has 0 bridgehead atoms. The fourth-order valence-corrected chi connectivity index (χ4v) is 1.42. The first kappa shape index (κ1) is 12.9. The number of hydrogen-bond acceptors (Lipinski definition) is 3. The van der Waals surface area contributed by atoms with Crippen molar-refractivity contribution < 1.29 is 9.13 Å². The van der Waals surface area contributed by atoms with Gasteiger partial charge in [-0.1, -0.05) is 17.7 Å². The molecule has 0 amide bonds. The number of rotatable bonds is 4. The van der Waals surface area contributed by atoms with Crippen LogP contribution in [0.1, 0.15) is 5.56 Å². The van der Waals surface area contributed by atoms with E-state index in [0.29, 0.717) is 13.2 Å². The Morgan fingerprint density at radius 1 is 1.62 bits per heavy atom. The lowest BCUT2D eigenvalue weighted by molar-refractivity contribution is 0.208. The first-order valence-electron chi connectivity index (χ1n) is 4.65. The summed E-state index contributed by atoms with van der Waals surface area (Å²) in [4.78, 5) is 4.05. The number of hydrogen-bond donors (Lipinski definition) is 2. The van der Waals surface area contributed by atoms with Crippen LogP contribution in [0.4, 0.5) is 4.39 Å². The summed E-state index contributed by atoms with van der Waals surface area (Å²) in [5.41, 5.74) is 2.50. The van der Waals surface area contributed by atoms with Gasteiger partial charge in [-0.2, -0.15) is 0 Å². The van der Waals surface area contributed by atoms with E-state index in [2.05, 4.69) is 10.4 Å². The molecular weight excluding hydrogens is 233 g/mol. The molecule has 88 valence electrons. The Balaban J connectivity index is 2.99. The van der Waals surface area contributed by atoms with E-state index in [9.17, 15) is 4.39 Å². The summed E-state index contributed by atoms with van der Waals surface area (Å²) in [6, 6.07) is 4.39. The molecule has 1 rings (SSSR count). The predicted molar refractivity (Wildman–Crippen MR) is 62.0 cm³/mol. The zero-order valence-electron chi connectivity index (χ0n) is 8.84. The van der Waals surface area contributed by atoms with Crippen molar-refractivity contribution >= 4 is 17.4 Å². The molecule has 0 aromatic heterocycles. The van der Waals surface area contributed by atoms with Crippen LogP contribution in [-0.4, -0.2) is 26.1 Å². The first-order valence-corrected chi connectivity index (χ1v) is 5.03. The lowest BCUT2D eigenvalue weighted by Crippen LogP contribution is -2.32. The van der Waals surface area contributed by atoms with E-state index in [1.54, 1.807) is 13.2 Å². The number of aliphatic imine (C=N–C) groups is 1. The highest BCUT2D eigenvalue weighted by Gasteiger charge is 2.12. The normalized spacial score (nSPS) is 11.6. The van der Waals surface area contributed by atoms with Crippen LogP contribution in [0, 0.1) is 5.82 Å². The van der Waals surface area contributed by atoms with Crippen LogP contribution < -0.4 is 11.3 Å². The molecule has 16 heavy (non-hydrogen) atoms. The Morgan fingerprint density at radius 2 is 2.38 bits per heavy atom. The smallest absolute Gasteiger partial charge is 0.147 e. The van der Waals surface area contributed by atoms with Crippen molar-refractivity contribution in [2.75, 3.05) is 20.3 Å². The van der Waals surface area contributed by atoms with Crippen LogP contribution in [0.15, 0.2) is 23.2 Å². The van der Waals surface area contributed by atoms with E-state index in [0.717, 1.165) is 0 Å². The fraction of sp³-hybridized carbons (Fsp3) is 0.300. The molecule has 0 aliphatic rings. The van der Waals surface area contributed by atoms with Crippen LogP contribution in [-0.2, 0) is 4.74 Å². The zero-order valence-corrected chi connectivity index (χ0v) is 9.59. The molecule has 3 N–H and O–H groups in total. The molecule has 0 unspecified atom stereocenters. The van der Waals surface area contributed by atoms with Crippen LogP contribution in [0.5, 0.6) is 0 Å². The van der Waals surface area contributed by atoms with Crippen molar-refractivity contribution in [1.82, 2.24) is 5.43 Å². The Morgan fingerprint density at radius 3 is 2.94 bits per heavy atom. The number of benzene rings is 1. The van der Waals surface area contributed by atoms with Gasteiger partial charge in [0.25, 0.3) is 0 Å². The summed E-state index contributed by atoms with van der Waals surface area (Å²) in [5, 5.41) is 0.258. The van der Waals surface area contributed by atoms with Gasteiger partial charge in [0, 0.05) is 7.11 Å². The second-order valence-corrected chi connectivity index (χ2v) is 3.37. The minimum absolute atomic E-state index is 0.169.